The lowest BCUT2D eigenvalue weighted by Gasteiger charge is -2.11. The van der Waals surface area contributed by atoms with E-state index in [0.29, 0.717) is 10.0 Å². The number of hydrogen-bond donors (Lipinski definition) is 1. The van der Waals surface area contributed by atoms with Crippen LogP contribution < -0.4 is 5.32 Å². The van der Waals surface area contributed by atoms with Gasteiger partial charge in [0.2, 0.25) is 0 Å². The summed E-state index contributed by atoms with van der Waals surface area (Å²) in [5.74, 6) is 0.983. The van der Waals surface area contributed by atoms with Crippen molar-refractivity contribution in [1.29, 1.82) is 0 Å². The van der Waals surface area contributed by atoms with Crippen LogP contribution in [0.1, 0.15) is 18.4 Å². The monoisotopic (exact) mass is 436 g/mol. The molecule has 7 heteroatoms. The summed E-state index contributed by atoms with van der Waals surface area (Å²) < 4.78 is 2.79. The molecule has 1 aliphatic rings. The molecule has 0 spiro atoms. The molecule has 1 N–H and O–H groups in total. The number of fused-ring (bicyclic) bond motifs is 1. The second-order valence-electron chi connectivity index (χ2n) is 5.96. The standard InChI is InChI=1S/C18H15BrCl2N4/c19-12-7-11(9-22-10-12)17-14-3-1-2-6-23-18(14)25(24-17)16-8-13(20)4-5-15(16)21/h4-5,7-10,23H,1-3,6H2. The van der Waals surface area contributed by atoms with Gasteiger partial charge in [-0.3, -0.25) is 4.98 Å². The lowest BCUT2D eigenvalue weighted by atomic mass is 10.1. The molecule has 3 aromatic rings. The fraction of sp³-hybridized carbons (Fsp3) is 0.222. The first-order valence-electron chi connectivity index (χ1n) is 8.05. The summed E-state index contributed by atoms with van der Waals surface area (Å²) in [6, 6.07) is 7.45. The molecule has 3 heterocycles. The third-order valence-corrected chi connectivity index (χ3v) is 5.23. The number of benzene rings is 1. The zero-order chi connectivity index (χ0) is 17.4. The van der Waals surface area contributed by atoms with Gasteiger partial charge in [-0.25, -0.2) is 4.68 Å². The highest BCUT2D eigenvalue weighted by Gasteiger charge is 2.23. The smallest absolute Gasteiger partial charge is 0.133 e. The zero-order valence-corrected chi connectivity index (χ0v) is 16.4. The van der Waals surface area contributed by atoms with Crippen LogP contribution in [0, 0.1) is 0 Å². The first-order chi connectivity index (χ1) is 12.1. The highest BCUT2D eigenvalue weighted by Crippen LogP contribution is 2.36. The zero-order valence-electron chi connectivity index (χ0n) is 13.3. The summed E-state index contributed by atoms with van der Waals surface area (Å²) in [5.41, 5.74) is 3.86. The van der Waals surface area contributed by atoms with Crippen molar-refractivity contribution in [2.75, 3.05) is 11.9 Å². The summed E-state index contributed by atoms with van der Waals surface area (Å²) in [6.07, 6.45) is 6.80. The van der Waals surface area contributed by atoms with E-state index in [2.05, 4.69) is 26.2 Å². The summed E-state index contributed by atoms with van der Waals surface area (Å²) in [5, 5.41) is 9.62. The molecule has 1 aromatic carbocycles. The Hall–Kier alpha value is -1.56. The summed E-state index contributed by atoms with van der Waals surface area (Å²) in [7, 11) is 0. The average molecular weight is 438 g/mol. The van der Waals surface area contributed by atoms with Gasteiger partial charge in [-0.15, -0.1) is 0 Å². The van der Waals surface area contributed by atoms with Crippen LogP contribution in [0.25, 0.3) is 16.9 Å². The Balaban J connectivity index is 1.95. The number of rotatable bonds is 2. The van der Waals surface area contributed by atoms with Crippen LogP contribution in [0.2, 0.25) is 10.0 Å². The van der Waals surface area contributed by atoms with Crippen molar-refractivity contribution in [3.8, 4) is 16.9 Å². The molecule has 0 atom stereocenters. The lowest BCUT2D eigenvalue weighted by molar-refractivity contribution is 0.780. The fourth-order valence-electron chi connectivity index (χ4n) is 3.10. The number of halogens is 3. The Morgan fingerprint density at radius 3 is 2.84 bits per heavy atom. The van der Waals surface area contributed by atoms with E-state index in [9.17, 15) is 0 Å². The van der Waals surface area contributed by atoms with Crippen molar-refractivity contribution in [1.82, 2.24) is 14.8 Å². The van der Waals surface area contributed by atoms with Gasteiger partial charge in [0.25, 0.3) is 0 Å². The molecule has 0 aliphatic carbocycles. The minimum Gasteiger partial charge on any atom is -0.370 e. The van der Waals surface area contributed by atoms with Crippen molar-refractivity contribution in [2.45, 2.75) is 19.3 Å². The van der Waals surface area contributed by atoms with Crippen molar-refractivity contribution >= 4 is 44.9 Å². The van der Waals surface area contributed by atoms with Crippen LogP contribution >= 0.6 is 39.1 Å². The quantitative estimate of drug-likeness (QED) is 0.554. The van der Waals surface area contributed by atoms with Gasteiger partial charge in [0.1, 0.15) is 5.82 Å². The average Bonchev–Trinajstić information content (AvgIpc) is 2.78. The van der Waals surface area contributed by atoms with Crippen molar-refractivity contribution in [2.24, 2.45) is 0 Å². The van der Waals surface area contributed by atoms with Gasteiger partial charge < -0.3 is 5.32 Å². The van der Waals surface area contributed by atoms with Gasteiger partial charge >= 0.3 is 0 Å². The highest BCUT2D eigenvalue weighted by molar-refractivity contribution is 9.10. The number of pyridine rings is 1. The van der Waals surface area contributed by atoms with E-state index in [1.54, 1.807) is 18.3 Å². The number of aromatic nitrogens is 3. The van der Waals surface area contributed by atoms with Crippen molar-refractivity contribution in [3.63, 3.8) is 0 Å². The summed E-state index contributed by atoms with van der Waals surface area (Å²) in [4.78, 5) is 4.28. The van der Waals surface area contributed by atoms with E-state index in [0.717, 1.165) is 53.0 Å². The number of hydrogen-bond acceptors (Lipinski definition) is 3. The molecule has 0 saturated carbocycles. The second-order valence-corrected chi connectivity index (χ2v) is 7.72. The van der Waals surface area contributed by atoms with E-state index in [1.165, 1.54) is 5.56 Å². The summed E-state index contributed by atoms with van der Waals surface area (Å²) in [6.45, 7) is 0.910. The topological polar surface area (TPSA) is 42.7 Å². The molecule has 0 saturated heterocycles. The first kappa shape index (κ1) is 16.9. The molecule has 0 amide bonds. The molecule has 4 nitrogen and oxygen atoms in total. The van der Waals surface area contributed by atoms with Gasteiger partial charge in [0.15, 0.2) is 0 Å². The number of nitrogens with zero attached hydrogens (tertiary/aromatic N) is 3. The second kappa shape index (κ2) is 6.98. The normalized spacial score (nSPS) is 13.9. The molecule has 0 fully saturated rings. The van der Waals surface area contributed by atoms with Gasteiger partial charge in [-0.1, -0.05) is 23.2 Å². The van der Waals surface area contributed by atoms with Crippen molar-refractivity contribution < 1.29 is 0 Å². The number of anilines is 1. The van der Waals surface area contributed by atoms with Gasteiger partial charge in [0, 0.05) is 39.6 Å². The van der Waals surface area contributed by atoms with E-state index in [1.807, 2.05) is 23.0 Å². The maximum atomic E-state index is 6.43. The predicted molar refractivity (Wildman–Crippen MR) is 106 cm³/mol. The Kier molecular flexibility index (Phi) is 4.71. The SMILES string of the molecule is Clc1ccc(Cl)c(-n2nc(-c3cncc(Br)c3)c3c2NCCCC3)c1. The van der Waals surface area contributed by atoms with Crippen LogP contribution in [0.15, 0.2) is 41.1 Å². The van der Waals surface area contributed by atoms with Crippen molar-refractivity contribution in [3.05, 3.63) is 56.7 Å². The van der Waals surface area contributed by atoms with Crippen LogP contribution in [-0.2, 0) is 6.42 Å². The summed E-state index contributed by atoms with van der Waals surface area (Å²) >= 11 is 16.1. The fourth-order valence-corrected chi connectivity index (χ4v) is 3.83. The highest BCUT2D eigenvalue weighted by atomic mass is 79.9. The third kappa shape index (κ3) is 3.28. The van der Waals surface area contributed by atoms with E-state index in [-0.39, 0.29) is 0 Å². The van der Waals surface area contributed by atoms with Crippen LogP contribution in [-0.4, -0.2) is 21.3 Å². The van der Waals surface area contributed by atoms with Gasteiger partial charge in [-0.05, 0) is 59.5 Å². The first-order valence-corrected chi connectivity index (χ1v) is 9.60. The van der Waals surface area contributed by atoms with E-state index in [4.69, 9.17) is 28.3 Å². The number of nitrogens with one attached hydrogen (secondary N) is 1. The predicted octanol–water partition coefficient (Wildman–Crippen LogP) is 5.75. The Labute approximate surface area is 164 Å². The maximum absolute atomic E-state index is 6.43. The molecule has 0 bridgehead atoms. The molecular weight excluding hydrogens is 423 g/mol. The maximum Gasteiger partial charge on any atom is 0.133 e. The van der Waals surface area contributed by atoms with Gasteiger partial charge in [-0.2, -0.15) is 5.10 Å². The molecule has 25 heavy (non-hydrogen) atoms. The Morgan fingerprint density at radius 1 is 1.12 bits per heavy atom. The molecule has 0 unspecified atom stereocenters. The Morgan fingerprint density at radius 2 is 2.00 bits per heavy atom. The molecule has 1 aliphatic heterocycles. The van der Waals surface area contributed by atoms with Gasteiger partial charge in [0.05, 0.1) is 16.4 Å². The van der Waals surface area contributed by atoms with Crippen LogP contribution in [0.3, 0.4) is 0 Å². The Bertz CT molecular complexity index is 939. The largest absolute Gasteiger partial charge is 0.370 e. The van der Waals surface area contributed by atoms with Crippen LogP contribution in [0.5, 0.6) is 0 Å². The molecule has 2 aromatic heterocycles. The molecule has 128 valence electrons. The molecule has 4 rings (SSSR count). The van der Waals surface area contributed by atoms with E-state index < -0.39 is 0 Å². The van der Waals surface area contributed by atoms with Crippen LogP contribution in [0.4, 0.5) is 5.82 Å². The third-order valence-electron chi connectivity index (χ3n) is 4.24. The molecular formula is C18H15BrCl2N4. The van der Waals surface area contributed by atoms with E-state index >= 15 is 0 Å². The minimum absolute atomic E-state index is 0.611. The lowest BCUT2D eigenvalue weighted by Crippen LogP contribution is -2.07. The molecule has 0 radical (unpaired) electrons. The minimum atomic E-state index is 0.611.